The third-order valence-electron chi connectivity index (χ3n) is 5.19. The van der Waals surface area contributed by atoms with Crippen molar-refractivity contribution < 1.29 is 9.34 Å². The number of nitro groups is 1. The molecule has 6 nitrogen and oxygen atoms in total. The summed E-state index contributed by atoms with van der Waals surface area (Å²) in [4.78, 5) is 13.3. The molecule has 0 atom stereocenters. The molecule has 0 saturated heterocycles. The van der Waals surface area contributed by atoms with E-state index in [1.54, 1.807) is 12.1 Å². The quantitative estimate of drug-likeness (QED) is 0.312. The second-order valence-corrected chi connectivity index (χ2v) is 9.96. The smallest absolute Gasteiger partial charge is 0.270 e. The molecule has 2 aromatic carbocycles. The highest BCUT2D eigenvalue weighted by Crippen LogP contribution is 2.42. The summed E-state index contributed by atoms with van der Waals surface area (Å²) >= 11 is 0. The first-order valence-electron chi connectivity index (χ1n) is 10.8. The first-order valence-corrected chi connectivity index (χ1v) is 10.8. The molecule has 0 aliphatic rings. The van der Waals surface area contributed by atoms with E-state index in [4.69, 9.17) is 4.42 Å². The standard InChI is InChI=1S/C25H33N3O3/c1-7-27(16-18-11-9-8-10-12-18)22-20-15-19(28(29)30)13-14-21(20)31-23(22)26-25(5,6)17-24(2,3)4/h8-15,26H,7,16-17H2,1-6H3. The van der Waals surface area contributed by atoms with Gasteiger partial charge in [0.1, 0.15) is 11.3 Å². The van der Waals surface area contributed by atoms with Gasteiger partial charge in [-0.1, -0.05) is 51.1 Å². The molecule has 0 amide bonds. The van der Waals surface area contributed by atoms with Crippen molar-refractivity contribution in [2.24, 2.45) is 5.41 Å². The molecule has 0 spiro atoms. The lowest BCUT2D eigenvalue weighted by atomic mass is 9.82. The minimum absolute atomic E-state index is 0.0609. The van der Waals surface area contributed by atoms with Crippen molar-refractivity contribution in [3.63, 3.8) is 0 Å². The Kier molecular flexibility index (Phi) is 6.30. The summed E-state index contributed by atoms with van der Waals surface area (Å²) in [6.07, 6.45) is 0.932. The average molecular weight is 424 g/mol. The third-order valence-corrected chi connectivity index (χ3v) is 5.19. The highest BCUT2D eigenvalue weighted by atomic mass is 16.6. The number of non-ortho nitro benzene ring substituents is 1. The predicted octanol–water partition coefficient (Wildman–Crippen LogP) is 6.99. The van der Waals surface area contributed by atoms with Crippen LogP contribution < -0.4 is 10.2 Å². The molecule has 1 N–H and O–H groups in total. The molecule has 1 heterocycles. The second-order valence-electron chi connectivity index (χ2n) is 9.96. The van der Waals surface area contributed by atoms with Crippen molar-refractivity contribution in [2.45, 2.75) is 60.0 Å². The SMILES string of the molecule is CCN(Cc1ccccc1)c1c(NC(C)(C)CC(C)(C)C)oc2ccc([N+](=O)[O-])cc12. The molecule has 166 valence electrons. The molecule has 0 aliphatic carbocycles. The maximum Gasteiger partial charge on any atom is 0.270 e. The lowest BCUT2D eigenvalue weighted by Gasteiger charge is -2.34. The topological polar surface area (TPSA) is 71.5 Å². The Morgan fingerprint density at radius 1 is 1.06 bits per heavy atom. The van der Waals surface area contributed by atoms with Crippen LogP contribution in [0.2, 0.25) is 0 Å². The maximum absolute atomic E-state index is 11.4. The van der Waals surface area contributed by atoms with Crippen molar-refractivity contribution >= 4 is 28.2 Å². The largest absolute Gasteiger partial charge is 0.438 e. The highest BCUT2D eigenvalue weighted by molar-refractivity contribution is 5.99. The predicted molar refractivity (Wildman–Crippen MR) is 128 cm³/mol. The fourth-order valence-electron chi connectivity index (χ4n) is 4.42. The highest BCUT2D eigenvalue weighted by Gasteiger charge is 2.30. The summed E-state index contributed by atoms with van der Waals surface area (Å²) in [7, 11) is 0. The van der Waals surface area contributed by atoms with E-state index in [-0.39, 0.29) is 21.6 Å². The summed E-state index contributed by atoms with van der Waals surface area (Å²) in [6, 6.07) is 15.0. The molecule has 0 saturated carbocycles. The third kappa shape index (κ3) is 5.57. The zero-order valence-corrected chi connectivity index (χ0v) is 19.4. The monoisotopic (exact) mass is 423 g/mol. The molecule has 3 aromatic rings. The fourth-order valence-corrected chi connectivity index (χ4v) is 4.42. The van der Waals surface area contributed by atoms with Gasteiger partial charge in [0.25, 0.3) is 5.69 Å². The number of rotatable bonds is 8. The number of hydrogen-bond acceptors (Lipinski definition) is 5. The van der Waals surface area contributed by atoms with Crippen molar-refractivity contribution in [1.29, 1.82) is 0 Å². The van der Waals surface area contributed by atoms with Crippen LogP contribution in [0.4, 0.5) is 17.3 Å². The number of furan rings is 1. The zero-order chi connectivity index (χ0) is 22.8. The van der Waals surface area contributed by atoms with Crippen LogP contribution in [-0.4, -0.2) is 17.0 Å². The van der Waals surface area contributed by atoms with Gasteiger partial charge in [0.2, 0.25) is 5.88 Å². The number of anilines is 2. The van der Waals surface area contributed by atoms with Gasteiger partial charge in [0.05, 0.1) is 10.3 Å². The van der Waals surface area contributed by atoms with Gasteiger partial charge in [-0.25, -0.2) is 0 Å². The van der Waals surface area contributed by atoms with Crippen LogP contribution in [0.25, 0.3) is 11.0 Å². The molecule has 0 aliphatic heterocycles. The minimum Gasteiger partial charge on any atom is -0.438 e. The van der Waals surface area contributed by atoms with E-state index in [0.29, 0.717) is 18.0 Å². The summed E-state index contributed by atoms with van der Waals surface area (Å²) in [5, 5.41) is 15.8. The molecule has 0 unspecified atom stereocenters. The Labute approximate surface area is 184 Å². The molecule has 3 rings (SSSR count). The Morgan fingerprint density at radius 3 is 2.32 bits per heavy atom. The number of fused-ring (bicyclic) bond motifs is 1. The minimum atomic E-state index is -0.361. The Hall–Kier alpha value is -3.02. The maximum atomic E-state index is 11.4. The van der Waals surface area contributed by atoms with Gasteiger partial charge in [0, 0.05) is 30.8 Å². The summed E-state index contributed by atoms with van der Waals surface area (Å²) in [5.74, 6) is 0.655. The van der Waals surface area contributed by atoms with E-state index < -0.39 is 0 Å². The Bertz CT molecular complexity index is 1050. The van der Waals surface area contributed by atoms with E-state index in [9.17, 15) is 10.1 Å². The average Bonchev–Trinajstić information content (AvgIpc) is 3.00. The van der Waals surface area contributed by atoms with Gasteiger partial charge in [-0.2, -0.15) is 0 Å². The van der Waals surface area contributed by atoms with Crippen LogP contribution in [0, 0.1) is 15.5 Å². The molecule has 31 heavy (non-hydrogen) atoms. The van der Waals surface area contributed by atoms with E-state index in [1.165, 1.54) is 11.6 Å². The molecule has 6 heteroatoms. The van der Waals surface area contributed by atoms with Crippen LogP contribution in [0.3, 0.4) is 0 Å². The van der Waals surface area contributed by atoms with E-state index >= 15 is 0 Å². The van der Waals surface area contributed by atoms with Crippen molar-refractivity contribution in [3.05, 3.63) is 64.2 Å². The van der Waals surface area contributed by atoms with E-state index in [1.807, 2.05) is 18.2 Å². The lowest BCUT2D eigenvalue weighted by Crippen LogP contribution is -2.36. The van der Waals surface area contributed by atoms with Gasteiger partial charge in [0.15, 0.2) is 0 Å². The second kappa shape index (κ2) is 8.61. The Morgan fingerprint density at radius 2 is 1.74 bits per heavy atom. The van der Waals surface area contributed by atoms with Crippen LogP contribution in [0.1, 0.15) is 53.5 Å². The van der Waals surface area contributed by atoms with Crippen LogP contribution >= 0.6 is 0 Å². The van der Waals surface area contributed by atoms with Gasteiger partial charge in [-0.15, -0.1) is 0 Å². The van der Waals surface area contributed by atoms with E-state index in [2.05, 4.69) is 63.9 Å². The molecular formula is C25H33N3O3. The first kappa shape index (κ1) is 22.7. The molecule has 1 aromatic heterocycles. The lowest BCUT2D eigenvalue weighted by molar-refractivity contribution is -0.384. The van der Waals surface area contributed by atoms with Crippen molar-refractivity contribution in [1.82, 2.24) is 0 Å². The fraction of sp³-hybridized carbons (Fsp3) is 0.440. The summed E-state index contributed by atoms with van der Waals surface area (Å²) in [6.45, 7) is 14.5. The van der Waals surface area contributed by atoms with Crippen molar-refractivity contribution in [2.75, 3.05) is 16.8 Å². The van der Waals surface area contributed by atoms with Crippen LogP contribution in [-0.2, 0) is 6.54 Å². The van der Waals surface area contributed by atoms with Gasteiger partial charge in [-0.3, -0.25) is 10.1 Å². The molecule has 0 bridgehead atoms. The summed E-state index contributed by atoms with van der Waals surface area (Å²) in [5.41, 5.74) is 2.65. The number of nitrogens with zero attached hydrogens (tertiary/aromatic N) is 2. The number of benzene rings is 2. The molecular weight excluding hydrogens is 390 g/mol. The first-order chi connectivity index (χ1) is 14.5. The van der Waals surface area contributed by atoms with E-state index in [0.717, 1.165) is 24.0 Å². The molecule has 0 radical (unpaired) electrons. The van der Waals surface area contributed by atoms with Crippen LogP contribution in [0.5, 0.6) is 0 Å². The summed E-state index contributed by atoms with van der Waals surface area (Å²) < 4.78 is 6.23. The Balaban J connectivity index is 2.11. The number of nitro benzene ring substituents is 1. The van der Waals surface area contributed by atoms with Crippen LogP contribution in [0.15, 0.2) is 52.9 Å². The van der Waals surface area contributed by atoms with Gasteiger partial charge in [-0.05, 0) is 44.2 Å². The van der Waals surface area contributed by atoms with Crippen molar-refractivity contribution in [3.8, 4) is 0 Å². The number of nitrogens with one attached hydrogen (secondary N) is 1. The molecule has 0 fully saturated rings. The van der Waals surface area contributed by atoms with Gasteiger partial charge >= 0.3 is 0 Å². The number of hydrogen-bond donors (Lipinski definition) is 1. The zero-order valence-electron chi connectivity index (χ0n) is 19.4. The van der Waals surface area contributed by atoms with Gasteiger partial charge < -0.3 is 14.6 Å². The normalized spacial score (nSPS) is 12.2.